The highest BCUT2D eigenvalue weighted by Crippen LogP contribution is 2.38. The lowest BCUT2D eigenvalue weighted by Crippen LogP contribution is -1.90. The molecular formula is C27H24. The quantitative estimate of drug-likeness (QED) is 0.357. The molecule has 4 aromatic rings. The Bertz CT molecular complexity index is 1060. The zero-order valence-corrected chi connectivity index (χ0v) is 16.2. The number of hydrogen-bond donors (Lipinski definition) is 0. The summed E-state index contributed by atoms with van der Waals surface area (Å²) in [5.74, 6) is 0. The molecule has 0 heterocycles. The standard InChI is InChI=1S/C27H24/c1-19-12-14-22(15-13-19)24-8-4-6-10-26(24)27-11-7-5-9-25(27)23-17-20(2)16-21(3)18-23/h4-18H,1-3H3. The molecule has 0 aliphatic heterocycles. The van der Waals surface area contributed by atoms with Crippen molar-refractivity contribution in [3.05, 3.63) is 108 Å². The highest BCUT2D eigenvalue weighted by molar-refractivity contribution is 5.91. The van der Waals surface area contributed by atoms with E-state index >= 15 is 0 Å². The lowest BCUT2D eigenvalue weighted by molar-refractivity contribution is 1.38. The van der Waals surface area contributed by atoms with Gasteiger partial charge in [-0.15, -0.1) is 0 Å². The summed E-state index contributed by atoms with van der Waals surface area (Å²) in [4.78, 5) is 0. The van der Waals surface area contributed by atoms with Crippen LogP contribution in [0.4, 0.5) is 0 Å². The van der Waals surface area contributed by atoms with Gasteiger partial charge in [0.1, 0.15) is 0 Å². The Kier molecular flexibility index (Phi) is 4.64. The van der Waals surface area contributed by atoms with Gasteiger partial charge in [-0.2, -0.15) is 0 Å². The summed E-state index contributed by atoms with van der Waals surface area (Å²) in [6.45, 7) is 6.46. The molecule has 0 saturated carbocycles. The molecule has 0 aromatic heterocycles. The minimum atomic E-state index is 1.26. The first-order valence-electron chi connectivity index (χ1n) is 9.46. The molecule has 0 spiro atoms. The van der Waals surface area contributed by atoms with Crippen molar-refractivity contribution in [2.75, 3.05) is 0 Å². The SMILES string of the molecule is Cc1ccc(-c2ccccc2-c2ccccc2-c2cc(C)cc(C)c2)cc1. The molecule has 0 fully saturated rings. The van der Waals surface area contributed by atoms with Gasteiger partial charge in [0, 0.05) is 0 Å². The van der Waals surface area contributed by atoms with Gasteiger partial charge in [0.15, 0.2) is 0 Å². The second-order valence-corrected chi connectivity index (χ2v) is 7.33. The van der Waals surface area contributed by atoms with Crippen LogP contribution in [-0.4, -0.2) is 0 Å². The summed E-state index contributed by atoms with van der Waals surface area (Å²) in [7, 11) is 0. The van der Waals surface area contributed by atoms with Crippen LogP contribution in [0.25, 0.3) is 33.4 Å². The summed E-state index contributed by atoms with van der Waals surface area (Å²) in [5, 5.41) is 0. The Hall–Kier alpha value is -3.12. The first-order valence-corrected chi connectivity index (χ1v) is 9.46. The predicted octanol–water partition coefficient (Wildman–Crippen LogP) is 7.61. The summed E-state index contributed by atoms with van der Waals surface area (Å²) in [6.07, 6.45) is 0. The third-order valence-electron chi connectivity index (χ3n) is 5.04. The summed E-state index contributed by atoms with van der Waals surface area (Å²) < 4.78 is 0. The van der Waals surface area contributed by atoms with E-state index in [2.05, 4.69) is 112 Å². The molecule has 4 rings (SSSR count). The van der Waals surface area contributed by atoms with Crippen molar-refractivity contribution in [1.29, 1.82) is 0 Å². The van der Waals surface area contributed by atoms with E-state index in [1.54, 1.807) is 0 Å². The largest absolute Gasteiger partial charge is 0.0616 e. The Labute approximate surface area is 162 Å². The van der Waals surface area contributed by atoms with Gasteiger partial charge in [0.05, 0.1) is 0 Å². The Morgan fingerprint density at radius 2 is 0.815 bits per heavy atom. The Balaban J connectivity index is 1.92. The molecule has 4 aromatic carbocycles. The van der Waals surface area contributed by atoms with Gasteiger partial charge in [-0.3, -0.25) is 0 Å². The van der Waals surface area contributed by atoms with E-state index in [9.17, 15) is 0 Å². The lowest BCUT2D eigenvalue weighted by Gasteiger charge is -2.15. The molecule has 132 valence electrons. The Morgan fingerprint density at radius 1 is 0.370 bits per heavy atom. The van der Waals surface area contributed by atoms with Gasteiger partial charge in [-0.05, 0) is 54.2 Å². The zero-order valence-electron chi connectivity index (χ0n) is 16.2. The van der Waals surface area contributed by atoms with Crippen LogP contribution in [0.15, 0.2) is 91.0 Å². The number of benzene rings is 4. The second kappa shape index (κ2) is 7.25. The topological polar surface area (TPSA) is 0 Å². The number of hydrogen-bond acceptors (Lipinski definition) is 0. The van der Waals surface area contributed by atoms with Crippen molar-refractivity contribution in [2.24, 2.45) is 0 Å². The maximum absolute atomic E-state index is 2.28. The van der Waals surface area contributed by atoms with Gasteiger partial charge < -0.3 is 0 Å². The predicted molar refractivity (Wildman–Crippen MR) is 117 cm³/mol. The van der Waals surface area contributed by atoms with Crippen molar-refractivity contribution in [1.82, 2.24) is 0 Å². The number of aryl methyl sites for hydroxylation is 3. The van der Waals surface area contributed by atoms with E-state index in [0.717, 1.165) is 0 Å². The van der Waals surface area contributed by atoms with E-state index in [1.807, 2.05) is 0 Å². The first-order chi connectivity index (χ1) is 13.1. The molecule has 0 amide bonds. The van der Waals surface area contributed by atoms with Gasteiger partial charge in [0.25, 0.3) is 0 Å². The molecule has 0 bridgehead atoms. The van der Waals surface area contributed by atoms with Gasteiger partial charge in [0.2, 0.25) is 0 Å². The molecule has 0 nitrogen and oxygen atoms in total. The van der Waals surface area contributed by atoms with E-state index in [1.165, 1.54) is 50.1 Å². The number of rotatable bonds is 3. The van der Waals surface area contributed by atoms with Crippen LogP contribution in [0.3, 0.4) is 0 Å². The van der Waals surface area contributed by atoms with Gasteiger partial charge in [-0.25, -0.2) is 0 Å². The van der Waals surface area contributed by atoms with E-state index < -0.39 is 0 Å². The van der Waals surface area contributed by atoms with Crippen molar-refractivity contribution in [3.8, 4) is 33.4 Å². The first kappa shape index (κ1) is 17.3. The molecule has 0 N–H and O–H groups in total. The fourth-order valence-electron chi connectivity index (χ4n) is 3.80. The van der Waals surface area contributed by atoms with Crippen LogP contribution in [0.2, 0.25) is 0 Å². The average Bonchev–Trinajstić information content (AvgIpc) is 2.68. The minimum absolute atomic E-state index is 1.26. The third-order valence-corrected chi connectivity index (χ3v) is 5.04. The molecule has 0 heteroatoms. The van der Waals surface area contributed by atoms with Crippen LogP contribution in [-0.2, 0) is 0 Å². The summed E-state index contributed by atoms with van der Waals surface area (Å²) >= 11 is 0. The van der Waals surface area contributed by atoms with E-state index in [4.69, 9.17) is 0 Å². The fourth-order valence-corrected chi connectivity index (χ4v) is 3.80. The molecule has 0 saturated heterocycles. The van der Waals surface area contributed by atoms with E-state index in [-0.39, 0.29) is 0 Å². The fraction of sp³-hybridized carbons (Fsp3) is 0.111. The second-order valence-electron chi connectivity index (χ2n) is 7.33. The molecular weight excluding hydrogens is 324 g/mol. The van der Waals surface area contributed by atoms with Crippen molar-refractivity contribution < 1.29 is 0 Å². The van der Waals surface area contributed by atoms with Crippen molar-refractivity contribution >= 4 is 0 Å². The molecule has 27 heavy (non-hydrogen) atoms. The smallest absolute Gasteiger partial charge is 0.00992 e. The monoisotopic (exact) mass is 348 g/mol. The van der Waals surface area contributed by atoms with Crippen molar-refractivity contribution in [3.63, 3.8) is 0 Å². The average molecular weight is 348 g/mol. The summed E-state index contributed by atoms with van der Waals surface area (Å²) in [5.41, 5.74) is 11.5. The highest BCUT2D eigenvalue weighted by Gasteiger charge is 2.12. The lowest BCUT2D eigenvalue weighted by atomic mass is 9.88. The van der Waals surface area contributed by atoms with Crippen LogP contribution < -0.4 is 0 Å². The maximum Gasteiger partial charge on any atom is -0.00992 e. The minimum Gasteiger partial charge on any atom is -0.0616 e. The van der Waals surface area contributed by atoms with Crippen LogP contribution in [0.1, 0.15) is 16.7 Å². The maximum atomic E-state index is 2.28. The van der Waals surface area contributed by atoms with Gasteiger partial charge >= 0.3 is 0 Å². The van der Waals surface area contributed by atoms with Crippen LogP contribution in [0.5, 0.6) is 0 Å². The van der Waals surface area contributed by atoms with E-state index in [0.29, 0.717) is 0 Å². The normalized spacial score (nSPS) is 10.8. The van der Waals surface area contributed by atoms with Crippen molar-refractivity contribution in [2.45, 2.75) is 20.8 Å². The molecule has 0 unspecified atom stereocenters. The molecule has 0 aliphatic carbocycles. The Morgan fingerprint density at radius 3 is 1.33 bits per heavy atom. The third kappa shape index (κ3) is 3.57. The molecule has 0 radical (unpaired) electrons. The summed E-state index contributed by atoms with van der Waals surface area (Å²) in [6, 6.07) is 33.0. The van der Waals surface area contributed by atoms with Crippen LogP contribution >= 0.6 is 0 Å². The molecule has 0 atom stereocenters. The van der Waals surface area contributed by atoms with Crippen LogP contribution in [0, 0.1) is 20.8 Å². The highest BCUT2D eigenvalue weighted by atomic mass is 14.2. The molecule has 0 aliphatic rings. The zero-order chi connectivity index (χ0) is 18.8. The van der Waals surface area contributed by atoms with Gasteiger partial charge in [-0.1, -0.05) is 108 Å².